The van der Waals surface area contributed by atoms with Crippen molar-refractivity contribution >= 4 is 34.9 Å². The van der Waals surface area contributed by atoms with Gasteiger partial charge in [-0.15, -0.1) is 0 Å². The number of aromatic nitrogens is 2. The van der Waals surface area contributed by atoms with Crippen LogP contribution in [-0.4, -0.2) is 9.55 Å². The number of halogens is 1. The first-order valence-corrected chi connectivity index (χ1v) is 6.41. The second-order valence-electron chi connectivity index (χ2n) is 4.27. The van der Waals surface area contributed by atoms with E-state index in [-0.39, 0.29) is 0 Å². The molecule has 4 heteroatoms. The molecule has 0 bridgehead atoms. The number of imidazole rings is 1. The van der Waals surface area contributed by atoms with Gasteiger partial charge in [0.1, 0.15) is 0 Å². The van der Waals surface area contributed by atoms with Crippen molar-refractivity contribution in [1.82, 2.24) is 9.55 Å². The summed E-state index contributed by atoms with van der Waals surface area (Å²) in [5, 5.41) is 0.705. The van der Waals surface area contributed by atoms with E-state index in [1.165, 1.54) is 5.56 Å². The van der Waals surface area contributed by atoms with Crippen molar-refractivity contribution < 1.29 is 0 Å². The molecule has 2 aromatic carbocycles. The van der Waals surface area contributed by atoms with Crippen LogP contribution >= 0.6 is 23.8 Å². The number of nitrogens with zero attached hydrogens (tertiary/aromatic N) is 1. The summed E-state index contributed by atoms with van der Waals surface area (Å²) >= 11 is 11.4. The van der Waals surface area contributed by atoms with Crippen LogP contribution in [0.1, 0.15) is 5.56 Å². The first-order chi connectivity index (χ1) is 8.65. The van der Waals surface area contributed by atoms with E-state index in [0.717, 1.165) is 16.7 Å². The van der Waals surface area contributed by atoms with Gasteiger partial charge >= 0.3 is 0 Å². The van der Waals surface area contributed by atoms with E-state index in [9.17, 15) is 0 Å². The third-order valence-electron chi connectivity index (χ3n) is 2.90. The lowest BCUT2D eigenvalue weighted by atomic mass is 10.2. The molecular weight excluding hydrogens is 264 g/mol. The highest BCUT2D eigenvalue weighted by Gasteiger charge is 2.06. The van der Waals surface area contributed by atoms with Crippen LogP contribution in [0, 0.1) is 11.7 Å². The summed E-state index contributed by atoms with van der Waals surface area (Å²) in [6, 6.07) is 13.9. The molecule has 0 unspecified atom stereocenters. The maximum atomic E-state index is 6.03. The fourth-order valence-corrected chi connectivity index (χ4v) is 2.60. The standard InChI is InChI=1S/C14H11ClN2S/c1-9-5-6-13-12(7-9)16-14(18)17(13)11-4-2-3-10(15)8-11/h2-8H,1H3,(H,16,18). The largest absolute Gasteiger partial charge is 0.330 e. The molecule has 1 aromatic heterocycles. The molecule has 18 heavy (non-hydrogen) atoms. The van der Waals surface area contributed by atoms with E-state index in [0.29, 0.717) is 9.79 Å². The van der Waals surface area contributed by atoms with Gasteiger partial charge in [-0.05, 0) is 55.0 Å². The van der Waals surface area contributed by atoms with Gasteiger partial charge < -0.3 is 4.98 Å². The van der Waals surface area contributed by atoms with Crippen LogP contribution in [0.2, 0.25) is 5.02 Å². The molecular formula is C14H11ClN2S. The van der Waals surface area contributed by atoms with Crippen molar-refractivity contribution in [2.45, 2.75) is 6.92 Å². The number of aromatic amines is 1. The Hall–Kier alpha value is -1.58. The van der Waals surface area contributed by atoms with E-state index >= 15 is 0 Å². The van der Waals surface area contributed by atoms with Crippen molar-refractivity contribution in [2.24, 2.45) is 0 Å². The van der Waals surface area contributed by atoms with E-state index in [2.05, 4.69) is 30.1 Å². The predicted octanol–water partition coefficient (Wildman–Crippen LogP) is 4.65. The van der Waals surface area contributed by atoms with Gasteiger partial charge in [0.2, 0.25) is 0 Å². The summed E-state index contributed by atoms with van der Waals surface area (Å²) < 4.78 is 2.67. The van der Waals surface area contributed by atoms with Crippen LogP contribution in [-0.2, 0) is 0 Å². The van der Waals surface area contributed by atoms with Crippen molar-refractivity contribution in [3.63, 3.8) is 0 Å². The lowest BCUT2D eigenvalue weighted by Gasteiger charge is -2.05. The zero-order valence-electron chi connectivity index (χ0n) is 9.77. The first-order valence-electron chi connectivity index (χ1n) is 5.62. The zero-order valence-corrected chi connectivity index (χ0v) is 11.3. The summed E-state index contributed by atoms with van der Waals surface area (Å²) in [5.74, 6) is 0. The van der Waals surface area contributed by atoms with Gasteiger partial charge in [0.15, 0.2) is 4.77 Å². The van der Waals surface area contributed by atoms with Gasteiger partial charge in [-0.25, -0.2) is 0 Å². The lowest BCUT2D eigenvalue weighted by molar-refractivity contribution is 1.06. The van der Waals surface area contributed by atoms with Gasteiger partial charge in [-0.2, -0.15) is 0 Å². The Morgan fingerprint density at radius 2 is 2.00 bits per heavy atom. The lowest BCUT2D eigenvalue weighted by Crippen LogP contribution is -1.93. The molecule has 3 rings (SSSR count). The van der Waals surface area contributed by atoms with Crippen molar-refractivity contribution in [3.05, 3.63) is 57.8 Å². The maximum Gasteiger partial charge on any atom is 0.182 e. The highest BCUT2D eigenvalue weighted by Crippen LogP contribution is 2.22. The minimum atomic E-state index is 0.679. The molecule has 90 valence electrons. The number of H-pyrrole nitrogens is 1. The van der Waals surface area contributed by atoms with E-state index in [1.807, 2.05) is 28.8 Å². The molecule has 2 nitrogen and oxygen atoms in total. The number of hydrogen-bond acceptors (Lipinski definition) is 1. The molecule has 1 N–H and O–H groups in total. The van der Waals surface area contributed by atoms with Crippen molar-refractivity contribution in [2.75, 3.05) is 0 Å². The quantitative estimate of drug-likeness (QED) is 0.641. The summed E-state index contributed by atoms with van der Waals surface area (Å²) in [6.07, 6.45) is 0. The molecule has 0 radical (unpaired) electrons. The summed E-state index contributed by atoms with van der Waals surface area (Å²) in [4.78, 5) is 3.22. The molecule has 0 aliphatic heterocycles. The normalized spacial score (nSPS) is 11.0. The molecule has 0 spiro atoms. The first kappa shape index (κ1) is 11.5. The van der Waals surface area contributed by atoms with Crippen molar-refractivity contribution in [3.8, 4) is 5.69 Å². The van der Waals surface area contributed by atoms with Crippen LogP contribution in [0.3, 0.4) is 0 Å². The van der Waals surface area contributed by atoms with Crippen LogP contribution in [0.4, 0.5) is 0 Å². The third-order valence-corrected chi connectivity index (χ3v) is 3.42. The number of benzene rings is 2. The van der Waals surface area contributed by atoms with Gasteiger partial charge in [0.05, 0.1) is 11.0 Å². The second kappa shape index (κ2) is 4.26. The zero-order chi connectivity index (χ0) is 12.7. The predicted molar refractivity (Wildman–Crippen MR) is 78.2 cm³/mol. The number of rotatable bonds is 1. The highest BCUT2D eigenvalue weighted by atomic mass is 35.5. The summed E-state index contributed by atoms with van der Waals surface area (Å²) in [5.41, 5.74) is 4.28. The molecule has 3 aromatic rings. The van der Waals surface area contributed by atoms with Crippen LogP contribution in [0.5, 0.6) is 0 Å². The fraction of sp³-hybridized carbons (Fsp3) is 0.0714. The topological polar surface area (TPSA) is 20.7 Å². The Labute approximate surface area is 115 Å². The fourth-order valence-electron chi connectivity index (χ4n) is 2.10. The molecule has 0 aliphatic carbocycles. The van der Waals surface area contributed by atoms with Gasteiger partial charge in [0, 0.05) is 10.7 Å². The van der Waals surface area contributed by atoms with E-state index < -0.39 is 0 Å². The Morgan fingerprint density at radius 1 is 1.17 bits per heavy atom. The van der Waals surface area contributed by atoms with Crippen LogP contribution in [0.15, 0.2) is 42.5 Å². The Morgan fingerprint density at radius 3 is 2.78 bits per heavy atom. The third kappa shape index (κ3) is 1.85. The average molecular weight is 275 g/mol. The maximum absolute atomic E-state index is 6.03. The van der Waals surface area contributed by atoms with Gasteiger partial charge in [0.25, 0.3) is 0 Å². The van der Waals surface area contributed by atoms with Crippen LogP contribution < -0.4 is 0 Å². The monoisotopic (exact) mass is 274 g/mol. The number of nitrogens with one attached hydrogen (secondary N) is 1. The molecule has 1 heterocycles. The highest BCUT2D eigenvalue weighted by molar-refractivity contribution is 7.71. The second-order valence-corrected chi connectivity index (χ2v) is 5.09. The number of hydrogen-bond donors (Lipinski definition) is 1. The Bertz CT molecular complexity index is 786. The molecule has 0 fully saturated rings. The molecule has 0 aliphatic rings. The average Bonchev–Trinajstić information content (AvgIpc) is 2.64. The smallest absolute Gasteiger partial charge is 0.182 e. The van der Waals surface area contributed by atoms with E-state index in [4.69, 9.17) is 23.8 Å². The Kier molecular flexibility index (Phi) is 2.73. The Balaban J connectivity index is 2.35. The summed E-state index contributed by atoms with van der Waals surface area (Å²) in [7, 11) is 0. The molecule has 0 atom stereocenters. The van der Waals surface area contributed by atoms with Crippen molar-refractivity contribution in [1.29, 1.82) is 0 Å². The van der Waals surface area contributed by atoms with Gasteiger partial charge in [-0.3, -0.25) is 4.57 Å². The number of fused-ring (bicyclic) bond motifs is 1. The van der Waals surface area contributed by atoms with Gasteiger partial charge in [-0.1, -0.05) is 23.7 Å². The SMILES string of the molecule is Cc1ccc2c(c1)[nH]c(=S)n2-c1cccc(Cl)c1. The molecule has 0 saturated heterocycles. The molecule has 0 saturated carbocycles. The molecule has 0 amide bonds. The minimum Gasteiger partial charge on any atom is -0.330 e. The van der Waals surface area contributed by atoms with E-state index in [1.54, 1.807) is 0 Å². The van der Waals surface area contributed by atoms with Crippen LogP contribution in [0.25, 0.3) is 16.7 Å². The minimum absolute atomic E-state index is 0.679. The summed E-state index contributed by atoms with van der Waals surface area (Å²) in [6.45, 7) is 2.06. The number of aryl methyl sites for hydroxylation is 1.